The first kappa shape index (κ1) is 13.4. The molecule has 0 amide bonds. The molecule has 0 heterocycles. The smallest absolute Gasteiger partial charge is 0.323 e. The number of nitrogens with one attached hydrogen (secondary N) is 1. The Morgan fingerprint density at radius 1 is 1.50 bits per heavy atom. The maximum absolute atomic E-state index is 11.3. The van der Waals surface area contributed by atoms with Gasteiger partial charge in [-0.05, 0) is 33.2 Å². The number of aliphatic hydroxyl groups excluding tert-OH is 1. The van der Waals surface area contributed by atoms with Crippen LogP contribution in [0.15, 0.2) is 0 Å². The van der Waals surface area contributed by atoms with Crippen molar-refractivity contribution in [3.8, 4) is 0 Å². The molecule has 14 heavy (non-hydrogen) atoms. The highest BCUT2D eigenvalue weighted by molar-refractivity contribution is 5.75. The number of carbonyl (C=O) groups is 1. The number of hydrogen-bond acceptors (Lipinski definition) is 4. The van der Waals surface area contributed by atoms with Crippen LogP contribution in [0.3, 0.4) is 0 Å². The van der Waals surface area contributed by atoms with Gasteiger partial charge in [-0.15, -0.1) is 0 Å². The summed E-state index contributed by atoms with van der Waals surface area (Å²) in [6.45, 7) is 6.49. The van der Waals surface area contributed by atoms with Gasteiger partial charge in [0.25, 0.3) is 0 Å². The number of esters is 1. The van der Waals surface area contributed by atoms with Crippen LogP contribution in [0.4, 0.5) is 0 Å². The van der Waals surface area contributed by atoms with Crippen molar-refractivity contribution >= 4 is 5.97 Å². The van der Waals surface area contributed by atoms with Crippen molar-refractivity contribution in [1.29, 1.82) is 0 Å². The molecule has 0 aliphatic carbocycles. The van der Waals surface area contributed by atoms with Crippen molar-refractivity contribution in [1.82, 2.24) is 5.32 Å². The van der Waals surface area contributed by atoms with Gasteiger partial charge in [0.15, 0.2) is 0 Å². The normalized spacial score (nSPS) is 14.9. The highest BCUT2D eigenvalue weighted by Crippen LogP contribution is 1.96. The molecule has 0 bridgehead atoms. The molecule has 0 aromatic rings. The molecule has 2 unspecified atom stereocenters. The second-order valence-electron chi connectivity index (χ2n) is 3.30. The molecule has 2 atom stereocenters. The maximum atomic E-state index is 11.3. The van der Waals surface area contributed by atoms with E-state index < -0.39 is 0 Å². The van der Waals surface area contributed by atoms with Gasteiger partial charge in [0.2, 0.25) is 0 Å². The number of hydrogen-bond donors (Lipinski definition) is 2. The fourth-order valence-electron chi connectivity index (χ4n) is 1.10. The molecule has 0 fully saturated rings. The lowest BCUT2D eigenvalue weighted by Gasteiger charge is -2.15. The van der Waals surface area contributed by atoms with Crippen LogP contribution in [-0.2, 0) is 9.53 Å². The standard InChI is InChI=1S/C10H21NO3/c1-4-9(10(13)14-5-2)11-7-6-8(3)12/h8-9,11-12H,4-7H2,1-3H3. The van der Waals surface area contributed by atoms with Crippen molar-refractivity contribution in [2.75, 3.05) is 13.2 Å². The number of ether oxygens (including phenoxy) is 1. The van der Waals surface area contributed by atoms with Crippen LogP contribution in [-0.4, -0.2) is 36.4 Å². The van der Waals surface area contributed by atoms with E-state index in [0.717, 1.165) is 0 Å². The predicted octanol–water partition coefficient (Wildman–Crippen LogP) is 0.689. The highest BCUT2D eigenvalue weighted by Gasteiger charge is 2.16. The quantitative estimate of drug-likeness (QED) is 0.598. The van der Waals surface area contributed by atoms with Gasteiger partial charge in [-0.3, -0.25) is 4.79 Å². The molecule has 0 aromatic carbocycles. The summed E-state index contributed by atoms with van der Waals surface area (Å²) in [5.74, 6) is -0.208. The van der Waals surface area contributed by atoms with Crippen LogP contribution >= 0.6 is 0 Å². The van der Waals surface area contributed by atoms with Crippen LogP contribution in [0, 0.1) is 0 Å². The summed E-state index contributed by atoms with van der Waals surface area (Å²) in [4.78, 5) is 11.3. The maximum Gasteiger partial charge on any atom is 0.323 e. The van der Waals surface area contributed by atoms with E-state index in [1.165, 1.54) is 0 Å². The topological polar surface area (TPSA) is 58.6 Å². The van der Waals surface area contributed by atoms with E-state index >= 15 is 0 Å². The van der Waals surface area contributed by atoms with Crippen molar-refractivity contribution in [3.05, 3.63) is 0 Å². The Balaban J connectivity index is 3.73. The van der Waals surface area contributed by atoms with Crippen molar-refractivity contribution in [3.63, 3.8) is 0 Å². The van der Waals surface area contributed by atoms with E-state index in [9.17, 15) is 4.79 Å². The van der Waals surface area contributed by atoms with Gasteiger partial charge in [0.1, 0.15) is 6.04 Å². The number of aliphatic hydroxyl groups is 1. The summed E-state index contributed by atoms with van der Waals surface area (Å²) in [5.41, 5.74) is 0. The molecule has 84 valence electrons. The average molecular weight is 203 g/mol. The third-order valence-corrected chi connectivity index (χ3v) is 1.93. The van der Waals surface area contributed by atoms with E-state index in [-0.39, 0.29) is 18.1 Å². The van der Waals surface area contributed by atoms with Crippen molar-refractivity contribution < 1.29 is 14.6 Å². The Kier molecular flexibility index (Phi) is 7.42. The summed E-state index contributed by atoms with van der Waals surface area (Å²) in [6.07, 6.45) is 1.02. The van der Waals surface area contributed by atoms with Crippen LogP contribution in [0.2, 0.25) is 0 Å². The van der Waals surface area contributed by atoms with Gasteiger partial charge in [-0.25, -0.2) is 0 Å². The molecule has 2 N–H and O–H groups in total. The zero-order valence-electron chi connectivity index (χ0n) is 9.25. The molecule has 0 radical (unpaired) electrons. The SMILES string of the molecule is CCOC(=O)C(CC)NCCC(C)O. The second-order valence-corrected chi connectivity index (χ2v) is 3.30. The summed E-state index contributed by atoms with van der Waals surface area (Å²) >= 11 is 0. The molecule has 0 rings (SSSR count). The fraction of sp³-hybridized carbons (Fsp3) is 0.900. The second kappa shape index (κ2) is 7.76. The lowest BCUT2D eigenvalue weighted by molar-refractivity contribution is -0.145. The van der Waals surface area contributed by atoms with E-state index in [4.69, 9.17) is 9.84 Å². The lowest BCUT2D eigenvalue weighted by Crippen LogP contribution is -2.38. The molecule has 4 heteroatoms. The zero-order valence-corrected chi connectivity index (χ0v) is 9.25. The van der Waals surface area contributed by atoms with Crippen molar-refractivity contribution in [2.24, 2.45) is 0 Å². The van der Waals surface area contributed by atoms with Gasteiger partial charge in [-0.2, -0.15) is 0 Å². The Morgan fingerprint density at radius 2 is 2.14 bits per heavy atom. The summed E-state index contributed by atoms with van der Waals surface area (Å²) in [5, 5.41) is 12.1. The van der Waals surface area contributed by atoms with Crippen LogP contribution < -0.4 is 5.32 Å². The number of rotatable bonds is 7. The number of carbonyl (C=O) groups excluding carboxylic acids is 1. The third-order valence-electron chi connectivity index (χ3n) is 1.93. The molecular weight excluding hydrogens is 182 g/mol. The minimum absolute atomic E-state index is 0.208. The van der Waals surface area contributed by atoms with Crippen molar-refractivity contribution in [2.45, 2.75) is 45.8 Å². The monoisotopic (exact) mass is 203 g/mol. The Labute approximate surface area is 85.6 Å². The third kappa shape index (κ3) is 5.94. The molecule has 0 saturated heterocycles. The van der Waals surface area contributed by atoms with Crippen LogP contribution in [0.5, 0.6) is 0 Å². The Morgan fingerprint density at radius 3 is 2.57 bits per heavy atom. The molecule has 4 nitrogen and oxygen atoms in total. The first-order valence-corrected chi connectivity index (χ1v) is 5.19. The highest BCUT2D eigenvalue weighted by atomic mass is 16.5. The summed E-state index contributed by atoms with van der Waals surface area (Å²) in [7, 11) is 0. The first-order valence-electron chi connectivity index (χ1n) is 5.19. The first-order chi connectivity index (χ1) is 6.61. The Hall–Kier alpha value is -0.610. The molecule has 0 aliphatic rings. The summed E-state index contributed by atoms with van der Waals surface area (Å²) < 4.78 is 4.89. The van der Waals surface area contributed by atoms with Gasteiger partial charge in [0, 0.05) is 0 Å². The van der Waals surface area contributed by atoms with E-state index in [1.54, 1.807) is 13.8 Å². The fourth-order valence-corrected chi connectivity index (χ4v) is 1.10. The van der Waals surface area contributed by atoms with E-state index in [2.05, 4.69) is 5.32 Å². The molecule has 0 saturated carbocycles. The minimum atomic E-state index is -0.331. The zero-order chi connectivity index (χ0) is 11.0. The van der Waals surface area contributed by atoms with E-state index in [1.807, 2.05) is 6.92 Å². The van der Waals surface area contributed by atoms with Crippen LogP contribution in [0.25, 0.3) is 0 Å². The van der Waals surface area contributed by atoms with Gasteiger partial charge in [-0.1, -0.05) is 6.92 Å². The van der Waals surface area contributed by atoms with Crippen LogP contribution in [0.1, 0.15) is 33.6 Å². The molecule has 0 aromatic heterocycles. The molecule has 0 aliphatic heterocycles. The van der Waals surface area contributed by atoms with Gasteiger partial charge >= 0.3 is 5.97 Å². The molecular formula is C10H21NO3. The Bertz CT molecular complexity index is 159. The van der Waals surface area contributed by atoms with Gasteiger partial charge in [0.05, 0.1) is 12.7 Å². The molecule has 0 spiro atoms. The predicted molar refractivity (Wildman–Crippen MR) is 55.0 cm³/mol. The minimum Gasteiger partial charge on any atom is -0.465 e. The average Bonchev–Trinajstić information content (AvgIpc) is 2.12. The largest absolute Gasteiger partial charge is 0.465 e. The van der Waals surface area contributed by atoms with Gasteiger partial charge < -0.3 is 15.2 Å². The summed E-state index contributed by atoms with van der Waals surface area (Å²) in [6, 6.07) is -0.242. The lowest BCUT2D eigenvalue weighted by atomic mass is 10.2. The van der Waals surface area contributed by atoms with E-state index in [0.29, 0.717) is 26.0 Å².